The summed E-state index contributed by atoms with van der Waals surface area (Å²) in [6.07, 6.45) is 2.35. The van der Waals surface area contributed by atoms with Gasteiger partial charge in [0.15, 0.2) is 0 Å². The zero-order chi connectivity index (χ0) is 13.8. The third kappa shape index (κ3) is 2.93. The second kappa shape index (κ2) is 5.56. The van der Waals surface area contributed by atoms with Crippen LogP contribution < -0.4 is 5.73 Å². The van der Waals surface area contributed by atoms with Crippen LogP contribution in [0, 0.1) is 6.92 Å². The molecule has 5 nitrogen and oxygen atoms in total. The first kappa shape index (κ1) is 13.1. The molecule has 0 radical (unpaired) electrons. The van der Waals surface area contributed by atoms with Gasteiger partial charge in [0.05, 0.1) is 12.2 Å². The number of rotatable bonds is 4. The fraction of sp³-hybridized carbons (Fsp3) is 0.286. The van der Waals surface area contributed by atoms with Crippen molar-refractivity contribution in [2.45, 2.75) is 13.3 Å². The highest BCUT2D eigenvalue weighted by Gasteiger charge is 2.14. The molecular formula is C14H17N3O2. The van der Waals surface area contributed by atoms with Crippen molar-refractivity contribution in [2.24, 2.45) is 7.05 Å². The summed E-state index contributed by atoms with van der Waals surface area (Å²) in [6.45, 7) is 2.15. The van der Waals surface area contributed by atoms with E-state index in [9.17, 15) is 4.79 Å². The van der Waals surface area contributed by atoms with Gasteiger partial charge in [-0.25, -0.2) is 4.79 Å². The Morgan fingerprint density at radius 3 is 2.84 bits per heavy atom. The summed E-state index contributed by atoms with van der Waals surface area (Å²) >= 11 is 0. The van der Waals surface area contributed by atoms with E-state index in [1.165, 1.54) is 0 Å². The molecule has 2 rings (SSSR count). The number of carbonyl (C=O) groups excluding carboxylic acids is 1. The number of carbonyl (C=O) groups is 1. The zero-order valence-electron chi connectivity index (χ0n) is 11.1. The summed E-state index contributed by atoms with van der Waals surface area (Å²) in [6, 6.07) is 7.26. The van der Waals surface area contributed by atoms with Crippen LogP contribution in [-0.2, 0) is 18.2 Å². The molecule has 0 atom stereocenters. The number of aryl methyl sites for hydroxylation is 2. The van der Waals surface area contributed by atoms with Crippen molar-refractivity contribution in [3.8, 4) is 0 Å². The van der Waals surface area contributed by atoms with Crippen LogP contribution in [0.15, 0.2) is 30.5 Å². The Labute approximate surface area is 112 Å². The van der Waals surface area contributed by atoms with E-state index in [-0.39, 0.29) is 5.97 Å². The van der Waals surface area contributed by atoms with Crippen molar-refractivity contribution >= 4 is 11.7 Å². The lowest BCUT2D eigenvalue weighted by Crippen LogP contribution is -2.13. The number of nitrogens with zero attached hydrogens (tertiary/aromatic N) is 2. The molecule has 0 fully saturated rings. The second-order valence-electron chi connectivity index (χ2n) is 4.37. The molecule has 0 amide bonds. The van der Waals surface area contributed by atoms with Gasteiger partial charge >= 0.3 is 5.97 Å². The highest BCUT2D eigenvalue weighted by molar-refractivity contribution is 5.96. The molecule has 100 valence electrons. The number of anilines is 1. The smallest absolute Gasteiger partial charge is 0.340 e. The van der Waals surface area contributed by atoms with E-state index < -0.39 is 0 Å². The first-order valence-corrected chi connectivity index (χ1v) is 6.08. The molecule has 0 unspecified atom stereocenters. The number of nitrogens with two attached hydrogens (primary N) is 1. The van der Waals surface area contributed by atoms with Crippen LogP contribution in [0.25, 0.3) is 0 Å². The molecule has 1 heterocycles. The van der Waals surface area contributed by atoms with E-state index in [0.29, 0.717) is 24.3 Å². The summed E-state index contributed by atoms with van der Waals surface area (Å²) < 4.78 is 7.02. The maximum Gasteiger partial charge on any atom is 0.340 e. The van der Waals surface area contributed by atoms with Crippen molar-refractivity contribution in [3.63, 3.8) is 0 Å². The number of benzene rings is 1. The van der Waals surface area contributed by atoms with Gasteiger partial charge in [0, 0.05) is 31.0 Å². The number of hydrogen-bond donors (Lipinski definition) is 1. The Morgan fingerprint density at radius 1 is 1.42 bits per heavy atom. The van der Waals surface area contributed by atoms with Crippen molar-refractivity contribution in [1.82, 2.24) is 9.78 Å². The first-order valence-electron chi connectivity index (χ1n) is 6.08. The summed E-state index contributed by atoms with van der Waals surface area (Å²) in [4.78, 5) is 12.0. The van der Waals surface area contributed by atoms with E-state index in [2.05, 4.69) is 5.10 Å². The van der Waals surface area contributed by atoms with Gasteiger partial charge in [0.2, 0.25) is 0 Å². The number of esters is 1. The van der Waals surface area contributed by atoms with Crippen molar-refractivity contribution in [2.75, 3.05) is 12.3 Å². The van der Waals surface area contributed by atoms with E-state index in [1.807, 2.05) is 32.2 Å². The largest absolute Gasteiger partial charge is 0.462 e. The SMILES string of the molecule is Cc1cccc(N)c1C(=O)OCCc1ccnn1C. The third-order valence-corrected chi connectivity index (χ3v) is 3.02. The molecule has 5 heteroatoms. The maximum atomic E-state index is 12.0. The summed E-state index contributed by atoms with van der Waals surface area (Å²) in [5.41, 5.74) is 8.54. The number of nitrogen functional groups attached to an aromatic ring is 1. The molecule has 0 aliphatic heterocycles. The summed E-state index contributed by atoms with van der Waals surface area (Å²) in [5, 5.41) is 4.06. The highest BCUT2D eigenvalue weighted by atomic mass is 16.5. The molecule has 19 heavy (non-hydrogen) atoms. The predicted octanol–water partition coefficient (Wildman–Crippen LogP) is 1.71. The molecule has 1 aromatic heterocycles. The van der Waals surface area contributed by atoms with Crippen molar-refractivity contribution in [3.05, 3.63) is 47.3 Å². The maximum absolute atomic E-state index is 12.0. The molecule has 0 saturated carbocycles. The molecule has 0 bridgehead atoms. The third-order valence-electron chi connectivity index (χ3n) is 3.02. The van der Waals surface area contributed by atoms with Crippen LogP contribution in [-0.4, -0.2) is 22.4 Å². The minimum absolute atomic E-state index is 0.312. The number of aromatic nitrogens is 2. The van der Waals surface area contributed by atoms with E-state index in [0.717, 1.165) is 11.3 Å². The van der Waals surface area contributed by atoms with Gasteiger partial charge in [-0.2, -0.15) is 5.10 Å². The average molecular weight is 259 g/mol. The summed E-state index contributed by atoms with van der Waals surface area (Å²) in [7, 11) is 1.86. The number of hydrogen-bond acceptors (Lipinski definition) is 4. The molecule has 0 aliphatic carbocycles. The van der Waals surface area contributed by atoms with Crippen LogP contribution in [0.2, 0.25) is 0 Å². The Bertz CT molecular complexity index is 570. The van der Waals surface area contributed by atoms with Crippen LogP contribution >= 0.6 is 0 Å². The lowest BCUT2D eigenvalue weighted by molar-refractivity contribution is 0.0508. The van der Waals surface area contributed by atoms with Crippen LogP contribution in [0.3, 0.4) is 0 Å². The van der Waals surface area contributed by atoms with Gasteiger partial charge in [0.1, 0.15) is 0 Å². The quantitative estimate of drug-likeness (QED) is 0.670. The van der Waals surface area contributed by atoms with Gasteiger partial charge in [-0.3, -0.25) is 4.68 Å². The lowest BCUT2D eigenvalue weighted by atomic mass is 10.1. The molecule has 1 aromatic carbocycles. The number of ether oxygens (including phenoxy) is 1. The topological polar surface area (TPSA) is 70.1 Å². The lowest BCUT2D eigenvalue weighted by Gasteiger charge is -2.09. The predicted molar refractivity (Wildman–Crippen MR) is 72.8 cm³/mol. The standard InChI is InChI=1S/C14H17N3O2/c1-10-4-3-5-12(15)13(10)14(18)19-9-7-11-6-8-16-17(11)2/h3-6,8H,7,9,15H2,1-2H3. The van der Waals surface area contributed by atoms with Crippen LogP contribution in [0.1, 0.15) is 21.6 Å². The minimum atomic E-state index is -0.377. The molecule has 0 aliphatic rings. The molecule has 2 aromatic rings. The summed E-state index contributed by atoms with van der Waals surface area (Å²) in [5.74, 6) is -0.377. The zero-order valence-corrected chi connectivity index (χ0v) is 11.1. The van der Waals surface area contributed by atoms with Crippen molar-refractivity contribution < 1.29 is 9.53 Å². The minimum Gasteiger partial charge on any atom is -0.462 e. The van der Waals surface area contributed by atoms with Gasteiger partial charge in [-0.1, -0.05) is 12.1 Å². The van der Waals surface area contributed by atoms with Gasteiger partial charge in [-0.15, -0.1) is 0 Å². The van der Waals surface area contributed by atoms with Crippen LogP contribution in [0.4, 0.5) is 5.69 Å². The Kier molecular flexibility index (Phi) is 3.85. The fourth-order valence-corrected chi connectivity index (χ4v) is 1.94. The van der Waals surface area contributed by atoms with Gasteiger partial charge in [-0.05, 0) is 24.6 Å². The average Bonchev–Trinajstić information content (AvgIpc) is 2.75. The van der Waals surface area contributed by atoms with Crippen molar-refractivity contribution in [1.29, 1.82) is 0 Å². The first-order chi connectivity index (χ1) is 9.09. The van der Waals surface area contributed by atoms with Gasteiger partial charge < -0.3 is 10.5 Å². The second-order valence-corrected chi connectivity index (χ2v) is 4.37. The van der Waals surface area contributed by atoms with E-state index in [1.54, 1.807) is 16.9 Å². The molecule has 0 spiro atoms. The monoisotopic (exact) mass is 259 g/mol. The Morgan fingerprint density at radius 2 is 2.21 bits per heavy atom. The van der Waals surface area contributed by atoms with Gasteiger partial charge in [0.25, 0.3) is 0 Å². The normalized spacial score (nSPS) is 10.4. The Balaban J connectivity index is 1.97. The fourth-order valence-electron chi connectivity index (χ4n) is 1.94. The van der Waals surface area contributed by atoms with Crippen LogP contribution in [0.5, 0.6) is 0 Å². The molecule has 0 saturated heterocycles. The molecular weight excluding hydrogens is 242 g/mol. The Hall–Kier alpha value is -2.30. The van der Waals surface area contributed by atoms with E-state index in [4.69, 9.17) is 10.5 Å². The molecule has 2 N–H and O–H groups in total. The highest BCUT2D eigenvalue weighted by Crippen LogP contribution is 2.17. The van der Waals surface area contributed by atoms with E-state index >= 15 is 0 Å².